The Labute approximate surface area is 123 Å². The highest BCUT2D eigenvalue weighted by atomic mass is 16.3. The molecule has 114 valence electrons. The lowest BCUT2D eigenvalue weighted by Crippen LogP contribution is -2.33. The van der Waals surface area contributed by atoms with Crippen LogP contribution in [0.15, 0.2) is 23.0 Å². The van der Waals surface area contributed by atoms with Crippen molar-refractivity contribution in [2.24, 2.45) is 11.7 Å². The van der Waals surface area contributed by atoms with Crippen molar-refractivity contribution in [3.05, 3.63) is 24.2 Å². The van der Waals surface area contributed by atoms with Gasteiger partial charge < -0.3 is 15.5 Å². The second-order valence-electron chi connectivity index (χ2n) is 6.20. The molecule has 2 unspecified atom stereocenters. The van der Waals surface area contributed by atoms with Crippen LogP contribution in [0, 0.1) is 5.92 Å². The van der Waals surface area contributed by atoms with Gasteiger partial charge in [0.15, 0.2) is 0 Å². The Kier molecular flexibility index (Phi) is 6.61. The van der Waals surface area contributed by atoms with Crippen LogP contribution in [0.3, 0.4) is 0 Å². The molecule has 1 fully saturated rings. The third-order valence-electron chi connectivity index (χ3n) is 4.63. The Morgan fingerprint density at radius 2 is 2.10 bits per heavy atom. The van der Waals surface area contributed by atoms with E-state index in [1.165, 1.54) is 37.7 Å². The van der Waals surface area contributed by atoms with Gasteiger partial charge in [0, 0.05) is 17.6 Å². The minimum absolute atomic E-state index is 0.369. The minimum atomic E-state index is 0.369. The van der Waals surface area contributed by atoms with E-state index in [-0.39, 0.29) is 0 Å². The molecule has 20 heavy (non-hydrogen) atoms. The molecule has 0 aromatic carbocycles. The van der Waals surface area contributed by atoms with Crippen molar-refractivity contribution in [2.45, 2.75) is 70.4 Å². The van der Waals surface area contributed by atoms with Crippen LogP contribution < -0.4 is 11.1 Å². The summed E-state index contributed by atoms with van der Waals surface area (Å²) >= 11 is 0. The molecule has 1 aromatic rings. The molecule has 1 saturated carbocycles. The maximum Gasteiger partial charge on any atom is 0.0950 e. The topological polar surface area (TPSA) is 51.2 Å². The highest BCUT2D eigenvalue weighted by Crippen LogP contribution is 2.29. The van der Waals surface area contributed by atoms with Gasteiger partial charge in [0.05, 0.1) is 12.5 Å². The number of hydrogen-bond donors (Lipinski definition) is 2. The van der Waals surface area contributed by atoms with Crippen LogP contribution in [-0.2, 0) is 0 Å². The van der Waals surface area contributed by atoms with E-state index < -0.39 is 0 Å². The molecule has 0 aliphatic heterocycles. The largest absolute Gasteiger partial charge is 0.472 e. The van der Waals surface area contributed by atoms with Gasteiger partial charge in [-0.25, -0.2) is 0 Å². The van der Waals surface area contributed by atoms with E-state index in [1.54, 1.807) is 6.26 Å². The van der Waals surface area contributed by atoms with Crippen molar-refractivity contribution in [3.63, 3.8) is 0 Å². The van der Waals surface area contributed by atoms with E-state index >= 15 is 0 Å². The van der Waals surface area contributed by atoms with Gasteiger partial charge in [-0.1, -0.05) is 26.2 Å². The molecule has 0 spiro atoms. The number of furan rings is 1. The summed E-state index contributed by atoms with van der Waals surface area (Å²) in [5, 5.41) is 3.61. The van der Waals surface area contributed by atoms with Crippen LogP contribution in [0.25, 0.3) is 0 Å². The average molecular weight is 278 g/mol. The van der Waals surface area contributed by atoms with Gasteiger partial charge in [-0.05, 0) is 50.6 Å². The fourth-order valence-electron chi connectivity index (χ4n) is 3.34. The fourth-order valence-corrected chi connectivity index (χ4v) is 3.34. The SMILES string of the molecule is CCCNC(CCC(N)C1CCCCC1)c1ccoc1. The van der Waals surface area contributed by atoms with Gasteiger partial charge in [0.1, 0.15) is 0 Å². The van der Waals surface area contributed by atoms with Crippen LogP contribution in [0.1, 0.15) is 69.9 Å². The molecule has 3 heteroatoms. The Hall–Kier alpha value is -0.800. The molecule has 0 amide bonds. The maximum absolute atomic E-state index is 6.43. The zero-order chi connectivity index (χ0) is 14.2. The normalized spacial score (nSPS) is 19.9. The van der Waals surface area contributed by atoms with Crippen molar-refractivity contribution in [1.82, 2.24) is 5.32 Å². The summed E-state index contributed by atoms with van der Waals surface area (Å²) in [7, 11) is 0. The van der Waals surface area contributed by atoms with Gasteiger partial charge in [-0.15, -0.1) is 0 Å². The van der Waals surface area contributed by atoms with E-state index in [0.717, 1.165) is 31.7 Å². The molecule has 1 aliphatic rings. The summed E-state index contributed by atoms with van der Waals surface area (Å²) in [6, 6.07) is 2.83. The highest BCUT2D eigenvalue weighted by molar-refractivity contribution is 5.11. The van der Waals surface area contributed by atoms with Gasteiger partial charge in [-0.3, -0.25) is 0 Å². The third kappa shape index (κ3) is 4.64. The smallest absolute Gasteiger partial charge is 0.0950 e. The Bertz CT molecular complexity index is 344. The van der Waals surface area contributed by atoms with E-state index in [9.17, 15) is 0 Å². The molecule has 0 radical (unpaired) electrons. The first-order valence-corrected chi connectivity index (χ1v) is 8.32. The number of hydrogen-bond acceptors (Lipinski definition) is 3. The van der Waals surface area contributed by atoms with Gasteiger partial charge >= 0.3 is 0 Å². The predicted octanol–water partition coefficient (Wildman–Crippen LogP) is 4.01. The zero-order valence-corrected chi connectivity index (χ0v) is 12.8. The van der Waals surface area contributed by atoms with Gasteiger partial charge in [0.25, 0.3) is 0 Å². The summed E-state index contributed by atoms with van der Waals surface area (Å²) in [6.07, 6.45) is 13.8. The summed E-state index contributed by atoms with van der Waals surface area (Å²) in [5.41, 5.74) is 7.69. The number of nitrogens with one attached hydrogen (secondary N) is 1. The zero-order valence-electron chi connectivity index (χ0n) is 12.8. The number of nitrogens with two attached hydrogens (primary N) is 1. The Balaban J connectivity index is 1.81. The lowest BCUT2D eigenvalue weighted by molar-refractivity contribution is 0.284. The summed E-state index contributed by atoms with van der Waals surface area (Å²) < 4.78 is 5.23. The maximum atomic E-state index is 6.43. The lowest BCUT2D eigenvalue weighted by Gasteiger charge is -2.28. The molecule has 0 bridgehead atoms. The molecule has 1 aliphatic carbocycles. The quantitative estimate of drug-likeness (QED) is 0.755. The van der Waals surface area contributed by atoms with Crippen molar-refractivity contribution in [2.75, 3.05) is 6.54 Å². The summed E-state index contributed by atoms with van der Waals surface area (Å²) in [5.74, 6) is 0.750. The highest BCUT2D eigenvalue weighted by Gasteiger charge is 2.22. The monoisotopic (exact) mass is 278 g/mol. The van der Waals surface area contributed by atoms with E-state index in [1.807, 2.05) is 6.26 Å². The second kappa shape index (κ2) is 8.48. The first-order chi connectivity index (χ1) is 9.81. The Morgan fingerprint density at radius 1 is 1.30 bits per heavy atom. The summed E-state index contributed by atoms with van der Waals surface area (Å²) in [4.78, 5) is 0. The number of rotatable bonds is 8. The molecule has 2 rings (SSSR count). The molecule has 1 aromatic heterocycles. The molecular weight excluding hydrogens is 248 g/mol. The van der Waals surface area contributed by atoms with Crippen LogP contribution in [0.4, 0.5) is 0 Å². The third-order valence-corrected chi connectivity index (χ3v) is 4.63. The van der Waals surface area contributed by atoms with E-state index in [4.69, 9.17) is 10.2 Å². The van der Waals surface area contributed by atoms with Crippen LogP contribution in [0.2, 0.25) is 0 Å². The van der Waals surface area contributed by atoms with Crippen molar-refractivity contribution >= 4 is 0 Å². The first kappa shape index (κ1) is 15.6. The average Bonchev–Trinajstić information content (AvgIpc) is 3.02. The van der Waals surface area contributed by atoms with Crippen molar-refractivity contribution < 1.29 is 4.42 Å². The van der Waals surface area contributed by atoms with Crippen LogP contribution in [0.5, 0.6) is 0 Å². The second-order valence-corrected chi connectivity index (χ2v) is 6.20. The minimum Gasteiger partial charge on any atom is -0.472 e. The van der Waals surface area contributed by atoms with Crippen molar-refractivity contribution in [3.8, 4) is 0 Å². The lowest BCUT2D eigenvalue weighted by atomic mass is 9.82. The molecule has 3 N–H and O–H groups in total. The van der Waals surface area contributed by atoms with Gasteiger partial charge in [0.2, 0.25) is 0 Å². The van der Waals surface area contributed by atoms with Crippen LogP contribution in [-0.4, -0.2) is 12.6 Å². The summed E-state index contributed by atoms with van der Waals surface area (Å²) in [6.45, 7) is 3.25. The van der Waals surface area contributed by atoms with E-state index in [0.29, 0.717) is 12.1 Å². The first-order valence-electron chi connectivity index (χ1n) is 8.32. The van der Waals surface area contributed by atoms with E-state index in [2.05, 4.69) is 18.3 Å². The molecule has 2 atom stereocenters. The Morgan fingerprint density at radius 3 is 2.75 bits per heavy atom. The fraction of sp³-hybridized carbons (Fsp3) is 0.765. The van der Waals surface area contributed by atoms with Crippen molar-refractivity contribution in [1.29, 1.82) is 0 Å². The molecule has 0 saturated heterocycles. The molecular formula is C17H30N2O. The molecule has 3 nitrogen and oxygen atoms in total. The predicted molar refractivity (Wildman–Crippen MR) is 83.5 cm³/mol. The standard InChI is InChI=1S/C17H30N2O/c1-2-11-19-17(15-10-12-20-13-15)9-8-16(18)14-6-4-3-5-7-14/h10,12-14,16-17,19H,2-9,11,18H2,1H3. The van der Waals surface area contributed by atoms with Gasteiger partial charge in [-0.2, -0.15) is 0 Å². The molecule has 1 heterocycles. The van der Waals surface area contributed by atoms with Crippen LogP contribution >= 0.6 is 0 Å².